The fourth-order valence-electron chi connectivity index (χ4n) is 2.73. The van der Waals surface area contributed by atoms with Crippen LogP contribution in [-0.2, 0) is 25.1 Å². The van der Waals surface area contributed by atoms with Gasteiger partial charge in [-0.1, -0.05) is 29.4 Å². The monoisotopic (exact) mass is 289 g/mol. The molecule has 2 aromatic rings. The molecule has 0 N–H and O–H groups in total. The van der Waals surface area contributed by atoms with Crippen molar-refractivity contribution in [1.29, 1.82) is 0 Å². The maximum Gasteiger partial charge on any atom is 0.240 e. The maximum atomic E-state index is 5.31. The molecule has 0 radical (unpaired) electrons. The van der Waals surface area contributed by atoms with E-state index in [-0.39, 0.29) is 0 Å². The van der Waals surface area contributed by atoms with Crippen molar-refractivity contribution in [2.24, 2.45) is 0 Å². The van der Waals surface area contributed by atoms with Crippen molar-refractivity contribution in [3.05, 3.63) is 47.1 Å². The largest absolute Gasteiger partial charge is 0.338 e. The van der Waals surface area contributed by atoms with E-state index in [1.165, 1.54) is 11.1 Å². The third kappa shape index (κ3) is 2.88. The van der Waals surface area contributed by atoms with E-state index in [2.05, 4.69) is 46.4 Å². The normalized spacial score (nSPS) is 14.9. The molecule has 20 heavy (non-hydrogen) atoms. The quantitative estimate of drug-likeness (QED) is 0.846. The van der Waals surface area contributed by atoms with Gasteiger partial charge in [0.25, 0.3) is 0 Å². The molecular formula is C15H19N3OS. The van der Waals surface area contributed by atoms with E-state index < -0.39 is 0 Å². The predicted octanol–water partition coefficient (Wildman–Crippen LogP) is 2.53. The zero-order valence-corrected chi connectivity index (χ0v) is 12.7. The molecule has 1 aromatic carbocycles. The molecule has 1 heterocycles. The summed E-state index contributed by atoms with van der Waals surface area (Å²) < 4.78 is 5.31. The second kappa shape index (κ2) is 5.97. The van der Waals surface area contributed by atoms with Crippen LogP contribution in [0.15, 0.2) is 28.8 Å². The highest BCUT2D eigenvalue weighted by Gasteiger charge is 2.25. The Hall–Kier alpha value is -1.33. The first kappa shape index (κ1) is 13.6. The molecule has 0 fully saturated rings. The lowest BCUT2D eigenvalue weighted by molar-refractivity contribution is 0.208. The summed E-state index contributed by atoms with van der Waals surface area (Å²) in [5.74, 6) is 2.31. The van der Waals surface area contributed by atoms with Crippen LogP contribution < -0.4 is 0 Å². The third-order valence-electron chi connectivity index (χ3n) is 3.82. The van der Waals surface area contributed by atoms with E-state index in [1.807, 2.05) is 6.26 Å². The number of benzene rings is 1. The number of fused-ring (bicyclic) bond motifs is 1. The van der Waals surface area contributed by atoms with Crippen molar-refractivity contribution < 1.29 is 4.52 Å². The number of rotatable bonds is 5. The highest BCUT2D eigenvalue weighted by Crippen LogP contribution is 2.25. The van der Waals surface area contributed by atoms with Gasteiger partial charge < -0.3 is 4.52 Å². The Morgan fingerprint density at radius 1 is 1.30 bits per heavy atom. The number of likely N-dealkylation sites (N-methyl/N-ethyl adjacent to an activating group) is 1. The Bertz CT molecular complexity index is 559. The lowest BCUT2D eigenvalue weighted by Crippen LogP contribution is -2.31. The topological polar surface area (TPSA) is 42.2 Å². The van der Waals surface area contributed by atoms with Gasteiger partial charge >= 0.3 is 0 Å². The number of thioether (sulfide) groups is 1. The average Bonchev–Trinajstić information content (AvgIpc) is 3.05. The lowest BCUT2D eigenvalue weighted by Gasteiger charge is -2.21. The van der Waals surface area contributed by atoms with Gasteiger partial charge in [0, 0.05) is 6.04 Å². The van der Waals surface area contributed by atoms with Crippen molar-refractivity contribution in [3.63, 3.8) is 0 Å². The van der Waals surface area contributed by atoms with Crippen LogP contribution in [0, 0.1) is 0 Å². The van der Waals surface area contributed by atoms with Gasteiger partial charge in [-0.15, -0.1) is 0 Å². The fraction of sp³-hybridized carbons (Fsp3) is 0.467. The molecule has 0 aliphatic heterocycles. The summed E-state index contributed by atoms with van der Waals surface area (Å²) in [7, 11) is 2.13. The summed E-state index contributed by atoms with van der Waals surface area (Å²) in [5, 5.41) is 3.99. The van der Waals surface area contributed by atoms with Gasteiger partial charge in [0.05, 0.1) is 12.3 Å². The molecule has 0 bridgehead atoms. The molecule has 0 atom stereocenters. The molecule has 0 unspecified atom stereocenters. The molecule has 3 rings (SSSR count). The van der Waals surface area contributed by atoms with E-state index in [1.54, 1.807) is 11.8 Å². The van der Waals surface area contributed by atoms with Crippen LogP contribution in [0.2, 0.25) is 0 Å². The van der Waals surface area contributed by atoms with Crippen LogP contribution >= 0.6 is 11.8 Å². The molecule has 0 saturated heterocycles. The standard InChI is InChI=1S/C15H19N3OS/c1-18(9-15-16-14(10-20-2)17-19-15)13-7-11-5-3-4-6-12(11)8-13/h3-6,13H,7-10H2,1-2H3. The average molecular weight is 289 g/mol. The van der Waals surface area contributed by atoms with Crippen LogP contribution in [0.4, 0.5) is 0 Å². The summed E-state index contributed by atoms with van der Waals surface area (Å²) in [4.78, 5) is 6.74. The molecule has 1 aromatic heterocycles. The third-order valence-corrected chi connectivity index (χ3v) is 4.37. The number of aromatic nitrogens is 2. The first-order valence-corrected chi connectivity index (χ1v) is 8.23. The van der Waals surface area contributed by atoms with Gasteiger partial charge in [0.1, 0.15) is 0 Å². The van der Waals surface area contributed by atoms with E-state index in [0.29, 0.717) is 11.9 Å². The molecule has 0 saturated carbocycles. The number of hydrogen-bond donors (Lipinski definition) is 0. The summed E-state index contributed by atoms with van der Waals surface area (Å²) in [6.07, 6.45) is 4.26. The Morgan fingerprint density at radius 3 is 2.65 bits per heavy atom. The lowest BCUT2D eigenvalue weighted by atomic mass is 10.1. The SMILES string of the molecule is CSCc1noc(CN(C)C2Cc3ccccc3C2)n1. The molecule has 4 nitrogen and oxygen atoms in total. The van der Waals surface area contributed by atoms with Crippen LogP contribution in [0.25, 0.3) is 0 Å². The van der Waals surface area contributed by atoms with Crippen molar-refractivity contribution in [3.8, 4) is 0 Å². The zero-order chi connectivity index (χ0) is 13.9. The van der Waals surface area contributed by atoms with Crippen LogP contribution in [0.5, 0.6) is 0 Å². The van der Waals surface area contributed by atoms with Crippen molar-refractivity contribution in [1.82, 2.24) is 15.0 Å². The summed E-state index contributed by atoms with van der Waals surface area (Å²) in [6, 6.07) is 9.23. The molecule has 5 heteroatoms. The first-order chi connectivity index (χ1) is 9.76. The minimum Gasteiger partial charge on any atom is -0.338 e. The Kier molecular flexibility index (Phi) is 4.08. The first-order valence-electron chi connectivity index (χ1n) is 6.83. The molecule has 1 aliphatic carbocycles. The Morgan fingerprint density at radius 2 is 2.00 bits per heavy atom. The van der Waals surface area contributed by atoms with Crippen molar-refractivity contribution in [2.75, 3.05) is 13.3 Å². The Balaban J connectivity index is 1.61. The van der Waals surface area contributed by atoms with E-state index >= 15 is 0 Å². The van der Waals surface area contributed by atoms with Gasteiger partial charge in [0.15, 0.2) is 5.82 Å². The number of nitrogens with zero attached hydrogens (tertiary/aromatic N) is 3. The van der Waals surface area contributed by atoms with E-state index in [0.717, 1.165) is 31.0 Å². The van der Waals surface area contributed by atoms with Crippen LogP contribution in [0.3, 0.4) is 0 Å². The van der Waals surface area contributed by atoms with Gasteiger partial charge in [-0.3, -0.25) is 4.90 Å². The number of hydrogen-bond acceptors (Lipinski definition) is 5. The van der Waals surface area contributed by atoms with Gasteiger partial charge in [0.2, 0.25) is 5.89 Å². The highest BCUT2D eigenvalue weighted by atomic mass is 32.2. The summed E-state index contributed by atoms with van der Waals surface area (Å²) >= 11 is 1.71. The molecular weight excluding hydrogens is 270 g/mol. The molecule has 0 amide bonds. The second-order valence-corrected chi connectivity index (χ2v) is 6.15. The summed E-state index contributed by atoms with van der Waals surface area (Å²) in [5.41, 5.74) is 2.94. The van der Waals surface area contributed by atoms with Gasteiger partial charge in [-0.25, -0.2) is 0 Å². The van der Waals surface area contributed by atoms with Crippen molar-refractivity contribution >= 4 is 11.8 Å². The minimum atomic E-state index is 0.531. The van der Waals surface area contributed by atoms with Gasteiger partial charge in [-0.05, 0) is 37.3 Å². The minimum absolute atomic E-state index is 0.531. The second-order valence-electron chi connectivity index (χ2n) is 5.28. The van der Waals surface area contributed by atoms with E-state index in [9.17, 15) is 0 Å². The maximum absolute atomic E-state index is 5.31. The van der Waals surface area contributed by atoms with Crippen LogP contribution in [-0.4, -0.2) is 34.4 Å². The highest BCUT2D eigenvalue weighted by molar-refractivity contribution is 7.97. The molecule has 0 spiro atoms. The molecule has 106 valence electrons. The summed E-state index contributed by atoms with van der Waals surface area (Å²) in [6.45, 7) is 0.722. The van der Waals surface area contributed by atoms with Gasteiger partial charge in [-0.2, -0.15) is 16.7 Å². The van der Waals surface area contributed by atoms with Crippen molar-refractivity contribution in [2.45, 2.75) is 31.2 Å². The van der Waals surface area contributed by atoms with Crippen LogP contribution in [0.1, 0.15) is 22.8 Å². The zero-order valence-electron chi connectivity index (χ0n) is 11.9. The fourth-order valence-corrected chi connectivity index (χ4v) is 3.11. The van der Waals surface area contributed by atoms with E-state index in [4.69, 9.17) is 4.52 Å². The smallest absolute Gasteiger partial charge is 0.240 e. The molecule has 1 aliphatic rings. The predicted molar refractivity (Wildman–Crippen MR) is 80.6 cm³/mol. The Labute approximate surface area is 123 Å².